The van der Waals surface area contributed by atoms with Crippen LogP contribution in [-0.2, 0) is 24.2 Å². The van der Waals surface area contributed by atoms with Crippen molar-refractivity contribution in [3.63, 3.8) is 0 Å². The second kappa shape index (κ2) is 8.22. The number of nitrogens with one attached hydrogen (secondary N) is 1. The van der Waals surface area contributed by atoms with E-state index in [1.54, 1.807) is 14.2 Å². The molecule has 0 saturated heterocycles. The van der Waals surface area contributed by atoms with E-state index in [2.05, 4.69) is 18.3 Å². The van der Waals surface area contributed by atoms with Crippen LogP contribution in [0.4, 0.5) is 0 Å². The number of ether oxygens (including phenoxy) is 2. The number of rotatable bonds is 7. The fourth-order valence-electron chi connectivity index (χ4n) is 2.50. The highest BCUT2D eigenvalue weighted by atomic mass is 16.5. The molecule has 0 aliphatic carbocycles. The highest BCUT2D eigenvalue weighted by Crippen LogP contribution is 2.20. The van der Waals surface area contributed by atoms with Gasteiger partial charge in [0.15, 0.2) is 0 Å². The van der Waals surface area contributed by atoms with Gasteiger partial charge >= 0.3 is 0 Å². The predicted octanol–water partition coefficient (Wildman–Crippen LogP) is 3.13. The monoisotopic (exact) mass is 313 g/mol. The minimum absolute atomic E-state index is 0.0247. The first-order valence-electron chi connectivity index (χ1n) is 7.72. The number of carbonyl (C=O) groups is 1. The zero-order valence-corrected chi connectivity index (χ0v) is 13.9. The topological polar surface area (TPSA) is 47.6 Å². The van der Waals surface area contributed by atoms with E-state index >= 15 is 0 Å². The van der Waals surface area contributed by atoms with Crippen LogP contribution >= 0.6 is 0 Å². The number of hydrogen-bond acceptors (Lipinski definition) is 3. The van der Waals surface area contributed by atoms with E-state index in [9.17, 15) is 4.79 Å². The zero-order valence-electron chi connectivity index (χ0n) is 13.9. The summed E-state index contributed by atoms with van der Waals surface area (Å²) >= 11 is 0. The quantitative estimate of drug-likeness (QED) is 0.854. The zero-order chi connectivity index (χ0) is 16.7. The minimum Gasteiger partial charge on any atom is -0.496 e. The SMILES string of the molecule is CCc1cc(CNC(=O)Cc2ccccc2OC)ccc1OC. The number of aryl methyl sites for hydroxylation is 1. The molecule has 0 radical (unpaired) electrons. The number of carbonyl (C=O) groups excluding carboxylic acids is 1. The molecule has 1 amide bonds. The van der Waals surface area contributed by atoms with Crippen LogP contribution in [0.3, 0.4) is 0 Å². The van der Waals surface area contributed by atoms with Gasteiger partial charge in [0.1, 0.15) is 11.5 Å². The van der Waals surface area contributed by atoms with Crippen molar-refractivity contribution in [1.29, 1.82) is 0 Å². The van der Waals surface area contributed by atoms with Gasteiger partial charge in [0, 0.05) is 12.1 Å². The molecule has 0 atom stereocenters. The summed E-state index contributed by atoms with van der Waals surface area (Å²) in [5.41, 5.74) is 3.09. The number of methoxy groups -OCH3 is 2. The number of para-hydroxylation sites is 1. The van der Waals surface area contributed by atoms with Crippen LogP contribution in [0, 0.1) is 0 Å². The van der Waals surface area contributed by atoms with Gasteiger partial charge in [-0.1, -0.05) is 37.3 Å². The highest BCUT2D eigenvalue weighted by molar-refractivity contribution is 5.79. The molecule has 0 aliphatic rings. The standard InChI is InChI=1S/C19H23NO3/c1-4-15-11-14(9-10-18(15)23-3)13-20-19(21)12-16-7-5-6-8-17(16)22-2/h5-11H,4,12-13H2,1-3H3,(H,20,21). The lowest BCUT2D eigenvalue weighted by Crippen LogP contribution is -2.24. The Morgan fingerprint density at radius 2 is 1.70 bits per heavy atom. The van der Waals surface area contributed by atoms with Crippen molar-refractivity contribution in [2.45, 2.75) is 26.3 Å². The molecule has 4 nitrogen and oxygen atoms in total. The van der Waals surface area contributed by atoms with Gasteiger partial charge in [-0.2, -0.15) is 0 Å². The van der Waals surface area contributed by atoms with E-state index in [1.165, 1.54) is 0 Å². The van der Waals surface area contributed by atoms with Crippen LogP contribution in [0.15, 0.2) is 42.5 Å². The average molecular weight is 313 g/mol. The second-order valence-electron chi connectivity index (χ2n) is 5.27. The summed E-state index contributed by atoms with van der Waals surface area (Å²) in [6.45, 7) is 2.59. The average Bonchev–Trinajstić information content (AvgIpc) is 2.60. The Morgan fingerprint density at radius 3 is 2.39 bits per heavy atom. The third-order valence-electron chi connectivity index (χ3n) is 3.76. The molecule has 2 aromatic rings. The second-order valence-corrected chi connectivity index (χ2v) is 5.27. The maximum absolute atomic E-state index is 12.1. The lowest BCUT2D eigenvalue weighted by atomic mass is 10.1. The van der Waals surface area contributed by atoms with Crippen molar-refractivity contribution in [1.82, 2.24) is 5.32 Å². The molecule has 0 heterocycles. The Hall–Kier alpha value is -2.49. The minimum atomic E-state index is -0.0247. The molecule has 0 bridgehead atoms. The van der Waals surface area contributed by atoms with E-state index in [4.69, 9.17) is 9.47 Å². The van der Waals surface area contributed by atoms with E-state index in [1.807, 2.05) is 36.4 Å². The normalized spacial score (nSPS) is 10.2. The van der Waals surface area contributed by atoms with E-state index < -0.39 is 0 Å². The Balaban J connectivity index is 1.96. The molecule has 0 aliphatic heterocycles. The molecule has 0 fully saturated rings. The van der Waals surface area contributed by atoms with Crippen molar-refractivity contribution >= 4 is 5.91 Å². The summed E-state index contributed by atoms with van der Waals surface area (Å²) < 4.78 is 10.6. The summed E-state index contributed by atoms with van der Waals surface area (Å²) in [6, 6.07) is 13.6. The summed E-state index contributed by atoms with van der Waals surface area (Å²) in [6.07, 6.45) is 1.20. The van der Waals surface area contributed by atoms with Crippen molar-refractivity contribution in [3.05, 3.63) is 59.2 Å². The molecule has 23 heavy (non-hydrogen) atoms. The summed E-state index contributed by atoms with van der Waals surface area (Å²) in [5, 5.41) is 2.95. The maximum atomic E-state index is 12.1. The summed E-state index contributed by atoms with van der Waals surface area (Å²) in [4.78, 5) is 12.1. The first-order chi connectivity index (χ1) is 11.2. The van der Waals surface area contributed by atoms with Crippen LogP contribution in [0.2, 0.25) is 0 Å². The fourth-order valence-corrected chi connectivity index (χ4v) is 2.50. The first kappa shape index (κ1) is 16.9. The molecule has 122 valence electrons. The van der Waals surface area contributed by atoms with Gasteiger partial charge in [0.05, 0.1) is 20.6 Å². The van der Waals surface area contributed by atoms with Crippen molar-refractivity contribution in [3.8, 4) is 11.5 Å². The van der Waals surface area contributed by atoms with Crippen LogP contribution in [-0.4, -0.2) is 20.1 Å². The number of amides is 1. The van der Waals surface area contributed by atoms with E-state index in [0.717, 1.165) is 34.6 Å². The molecule has 1 N–H and O–H groups in total. The Kier molecular flexibility index (Phi) is 6.03. The molecule has 0 unspecified atom stereocenters. The van der Waals surface area contributed by atoms with Gasteiger partial charge in [0.2, 0.25) is 5.91 Å². The van der Waals surface area contributed by atoms with Gasteiger partial charge in [-0.05, 0) is 29.7 Å². The van der Waals surface area contributed by atoms with Gasteiger partial charge in [-0.15, -0.1) is 0 Å². The number of hydrogen-bond donors (Lipinski definition) is 1. The largest absolute Gasteiger partial charge is 0.496 e. The van der Waals surface area contributed by atoms with E-state index in [0.29, 0.717) is 13.0 Å². The summed E-state index contributed by atoms with van der Waals surface area (Å²) in [7, 11) is 3.28. The van der Waals surface area contributed by atoms with E-state index in [-0.39, 0.29) is 5.91 Å². The third kappa shape index (κ3) is 4.49. The van der Waals surface area contributed by atoms with Gasteiger partial charge in [0.25, 0.3) is 0 Å². The molecule has 4 heteroatoms. The molecule has 0 aromatic heterocycles. The van der Waals surface area contributed by atoms with Gasteiger partial charge < -0.3 is 14.8 Å². The Labute approximate surface area is 137 Å². The molecular weight excluding hydrogens is 290 g/mol. The molecule has 0 saturated carbocycles. The van der Waals surface area contributed by atoms with Crippen LogP contribution in [0.25, 0.3) is 0 Å². The Morgan fingerprint density at radius 1 is 1.00 bits per heavy atom. The number of benzene rings is 2. The highest BCUT2D eigenvalue weighted by Gasteiger charge is 2.09. The van der Waals surface area contributed by atoms with Crippen LogP contribution in [0.1, 0.15) is 23.6 Å². The predicted molar refractivity (Wildman–Crippen MR) is 90.9 cm³/mol. The van der Waals surface area contributed by atoms with Crippen molar-refractivity contribution in [2.75, 3.05) is 14.2 Å². The van der Waals surface area contributed by atoms with Gasteiger partial charge in [-0.25, -0.2) is 0 Å². The third-order valence-corrected chi connectivity index (χ3v) is 3.76. The summed E-state index contributed by atoms with van der Waals surface area (Å²) in [5.74, 6) is 1.60. The van der Waals surface area contributed by atoms with Crippen molar-refractivity contribution < 1.29 is 14.3 Å². The fraction of sp³-hybridized carbons (Fsp3) is 0.316. The lowest BCUT2D eigenvalue weighted by Gasteiger charge is -2.11. The van der Waals surface area contributed by atoms with Crippen molar-refractivity contribution in [2.24, 2.45) is 0 Å². The smallest absolute Gasteiger partial charge is 0.224 e. The first-order valence-corrected chi connectivity index (χ1v) is 7.72. The molecule has 0 spiro atoms. The van der Waals surface area contributed by atoms with Crippen LogP contribution < -0.4 is 14.8 Å². The van der Waals surface area contributed by atoms with Crippen LogP contribution in [0.5, 0.6) is 11.5 Å². The molecule has 2 aromatic carbocycles. The van der Waals surface area contributed by atoms with Gasteiger partial charge in [-0.3, -0.25) is 4.79 Å². The lowest BCUT2D eigenvalue weighted by molar-refractivity contribution is -0.120. The molecule has 2 rings (SSSR count). The molecular formula is C19H23NO3. The maximum Gasteiger partial charge on any atom is 0.224 e. The Bertz CT molecular complexity index is 667.